The van der Waals surface area contributed by atoms with Gasteiger partial charge in [0, 0.05) is 26.1 Å². The monoisotopic (exact) mass is 226 g/mol. The molecule has 0 spiro atoms. The number of carbonyl (C=O) groups excluding carboxylic acids is 1. The highest BCUT2D eigenvalue weighted by Gasteiger charge is 2.35. The van der Waals surface area contributed by atoms with Crippen LogP contribution in [0.3, 0.4) is 0 Å². The Bertz CT molecular complexity index is 251. The Kier molecular flexibility index (Phi) is 3.82. The van der Waals surface area contributed by atoms with Gasteiger partial charge in [0.2, 0.25) is 5.91 Å². The van der Waals surface area contributed by atoms with Gasteiger partial charge in [0.1, 0.15) is 0 Å². The lowest BCUT2D eigenvalue weighted by Gasteiger charge is -2.20. The molecule has 0 aliphatic carbocycles. The van der Waals surface area contributed by atoms with Crippen molar-refractivity contribution in [3.05, 3.63) is 0 Å². The predicted octanol–water partition coefficient (Wildman–Crippen LogP) is 0.479. The predicted molar refractivity (Wildman–Crippen MR) is 62.1 cm³/mol. The minimum absolute atomic E-state index is 0.0773. The van der Waals surface area contributed by atoms with Crippen LogP contribution in [-0.4, -0.2) is 50.2 Å². The Morgan fingerprint density at radius 1 is 1.50 bits per heavy atom. The van der Waals surface area contributed by atoms with E-state index in [1.54, 1.807) is 7.11 Å². The average Bonchev–Trinajstić information content (AvgIpc) is 2.88. The number of methoxy groups -OCH3 is 1. The number of ether oxygens (including phenoxy) is 1. The van der Waals surface area contributed by atoms with Crippen molar-refractivity contribution < 1.29 is 9.53 Å². The van der Waals surface area contributed by atoms with Gasteiger partial charge in [-0.15, -0.1) is 0 Å². The number of rotatable bonds is 3. The van der Waals surface area contributed by atoms with Gasteiger partial charge < -0.3 is 15.0 Å². The highest BCUT2D eigenvalue weighted by molar-refractivity contribution is 5.82. The summed E-state index contributed by atoms with van der Waals surface area (Å²) >= 11 is 0. The smallest absolute Gasteiger partial charge is 0.239 e. The number of nitrogens with one attached hydrogen (secondary N) is 1. The molecule has 0 unspecified atom stereocenters. The maximum atomic E-state index is 12.2. The molecule has 1 N–H and O–H groups in total. The molecule has 0 aromatic rings. The largest absolute Gasteiger partial charge is 0.384 e. The molecule has 2 saturated heterocycles. The molecular weight excluding hydrogens is 204 g/mol. The molecule has 0 bridgehead atoms. The summed E-state index contributed by atoms with van der Waals surface area (Å²) in [6, 6.07) is 0.0773. The Morgan fingerprint density at radius 3 is 2.94 bits per heavy atom. The first kappa shape index (κ1) is 11.9. The van der Waals surface area contributed by atoms with Crippen LogP contribution in [0.1, 0.15) is 19.8 Å². The topological polar surface area (TPSA) is 41.6 Å². The second-order valence-electron chi connectivity index (χ2n) is 5.08. The van der Waals surface area contributed by atoms with Gasteiger partial charge in [0.25, 0.3) is 0 Å². The Labute approximate surface area is 97.3 Å². The second kappa shape index (κ2) is 5.15. The van der Waals surface area contributed by atoms with Crippen molar-refractivity contribution in [1.82, 2.24) is 10.2 Å². The molecule has 0 saturated carbocycles. The van der Waals surface area contributed by atoms with Gasteiger partial charge in [0.05, 0.1) is 12.6 Å². The maximum absolute atomic E-state index is 12.2. The third-order valence-electron chi connectivity index (χ3n) is 3.82. The van der Waals surface area contributed by atoms with E-state index in [4.69, 9.17) is 4.74 Å². The van der Waals surface area contributed by atoms with Gasteiger partial charge in [-0.25, -0.2) is 0 Å². The summed E-state index contributed by atoms with van der Waals surface area (Å²) in [6.07, 6.45) is 2.12. The molecule has 92 valence electrons. The summed E-state index contributed by atoms with van der Waals surface area (Å²) < 4.78 is 5.20. The first-order valence-corrected chi connectivity index (χ1v) is 6.23. The van der Waals surface area contributed by atoms with Crippen molar-refractivity contribution in [3.8, 4) is 0 Å². The number of carbonyl (C=O) groups is 1. The van der Waals surface area contributed by atoms with Crippen LogP contribution in [0.4, 0.5) is 0 Å². The molecule has 4 nitrogen and oxygen atoms in total. The highest BCUT2D eigenvalue weighted by Crippen LogP contribution is 2.24. The summed E-state index contributed by atoms with van der Waals surface area (Å²) in [4.78, 5) is 14.2. The fraction of sp³-hybridized carbons (Fsp3) is 0.917. The minimum Gasteiger partial charge on any atom is -0.384 e. The average molecular weight is 226 g/mol. The van der Waals surface area contributed by atoms with Crippen molar-refractivity contribution in [2.75, 3.05) is 33.4 Å². The van der Waals surface area contributed by atoms with Gasteiger partial charge in [-0.3, -0.25) is 4.79 Å². The van der Waals surface area contributed by atoms with E-state index >= 15 is 0 Å². The van der Waals surface area contributed by atoms with Crippen LogP contribution in [0.15, 0.2) is 0 Å². The molecule has 2 rings (SSSR count). The van der Waals surface area contributed by atoms with E-state index in [9.17, 15) is 4.79 Å². The number of nitrogens with zero attached hydrogens (tertiary/aromatic N) is 1. The first-order chi connectivity index (χ1) is 7.72. The number of hydrogen-bond acceptors (Lipinski definition) is 3. The second-order valence-corrected chi connectivity index (χ2v) is 5.08. The fourth-order valence-electron chi connectivity index (χ4n) is 2.76. The van der Waals surface area contributed by atoms with Crippen molar-refractivity contribution >= 4 is 5.91 Å². The van der Waals surface area contributed by atoms with E-state index in [1.807, 2.05) is 4.90 Å². The van der Waals surface area contributed by atoms with E-state index in [1.165, 1.54) is 0 Å². The molecule has 3 atom stereocenters. The molecule has 2 heterocycles. The van der Waals surface area contributed by atoms with Gasteiger partial charge in [0.15, 0.2) is 0 Å². The summed E-state index contributed by atoms with van der Waals surface area (Å²) in [5.41, 5.74) is 0. The van der Waals surface area contributed by atoms with Crippen LogP contribution in [-0.2, 0) is 9.53 Å². The van der Waals surface area contributed by atoms with E-state index in [-0.39, 0.29) is 6.04 Å². The lowest BCUT2D eigenvalue weighted by Crippen LogP contribution is -2.42. The third-order valence-corrected chi connectivity index (χ3v) is 3.82. The lowest BCUT2D eigenvalue weighted by molar-refractivity contribution is -0.132. The molecule has 0 aromatic heterocycles. The van der Waals surface area contributed by atoms with Crippen LogP contribution < -0.4 is 5.32 Å². The normalized spacial score (nSPS) is 34.6. The van der Waals surface area contributed by atoms with Gasteiger partial charge in [-0.05, 0) is 25.3 Å². The van der Waals surface area contributed by atoms with Crippen LogP contribution >= 0.6 is 0 Å². The van der Waals surface area contributed by atoms with Gasteiger partial charge in [-0.2, -0.15) is 0 Å². The third kappa shape index (κ3) is 2.38. The Hall–Kier alpha value is -0.610. The van der Waals surface area contributed by atoms with Crippen LogP contribution in [0, 0.1) is 11.8 Å². The summed E-state index contributed by atoms with van der Waals surface area (Å²) in [7, 11) is 1.73. The quantitative estimate of drug-likeness (QED) is 0.761. The number of hydrogen-bond donors (Lipinski definition) is 1. The highest BCUT2D eigenvalue weighted by atomic mass is 16.5. The minimum atomic E-state index is 0.0773. The molecule has 2 aliphatic rings. The Morgan fingerprint density at radius 2 is 2.31 bits per heavy atom. The summed E-state index contributed by atoms with van der Waals surface area (Å²) in [6.45, 7) is 5.72. The summed E-state index contributed by atoms with van der Waals surface area (Å²) in [5, 5.41) is 3.27. The molecule has 0 aromatic carbocycles. The molecule has 0 radical (unpaired) electrons. The zero-order chi connectivity index (χ0) is 11.5. The number of likely N-dealkylation sites (tertiary alicyclic amines) is 1. The molecule has 4 heteroatoms. The van der Waals surface area contributed by atoms with Crippen molar-refractivity contribution in [1.29, 1.82) is 0 Å². The van der Waals surface area contributed by atoms with E-state index in [0.717, 1.165) is 39.1 Å². The SMILES string of the molecule is COC[C@@H]1CN(C(=O)[C@@H]2CCCN2)C[C@@H]1C. The Balaban J connectivity index is 1.88. The maximum Gasteiger partial charge on any atom is 0.239 e. The summed E-state index contributed by atoms with van der Waals surface area (Å²) in [5.74, 6) is 1.36. The van der Waals surface area contributed by atoms with Crippen LogP contribution in [0.2, 0.25) is 0 Å². The number of amides is 1. The lowest BCUT2D eigenvalue weighted by atomic mass is 10.00. The van der Waals surface area contributed by atoms with Crippen LogP contribution in [0.5, 0.6) is 0 Å². The van der Waals surface area contributed by atoms with E-state index in [0.29, 0.717) is 17.7 Å². The molecule has 16 heavy (non-hydrogen) atoms. The molecule has 2 fully saturated rings. The fourth-order valence-corrected chi connectivity index (χ4v) is 2.76. The molecule has 1 amide bonds. The first-order valence-electron chi connectivity index (χ1n) is 6.23. The molecule has 2 aliphatic heterocycles. The van der Waals surface area contributed by atoms with E-state index < -0.39 is 0 Å². The van der Waals surface area contributed by atoms with Gasteiger partial charge in [-0.1, -0.05) is 6.92 Å². The van der Waals surface area contributed by atoms with Crippen molar-refractivity contribution in [2.45, 2.75) is 25.8 Å². The standard InChI is InChI=1S/C12H22N2O2/c1-9-6-14(7-10(9)8-16-2)12(15)11-4-3-5-13-11/h9-11,13H,3-8H2,1-2H3/t9-,10-,11-/m0/s1. The van der Waals surface area contributed by atoms with Gasteiger partial charge >= 0.3 is 0 Å². The zero-order valence-corrected chi connectivity index (χ0v) is 10.2. The van der Waals surface area contributed by atoms with Crippen LogP contribution in [0.25, 0.3) is 0 Å². The van der Waals surface area contributed by atoms with Crippen molar-refractivity contribution in [3.63, 3.8) is 0 Å². The van der Waals surface area contributed by atoms with Crippen molar-refractivity contribution in [2.24, 2.45) is 11.8 Å². The molecular formula is C12H22N2O2. The van der Waals surface area contributed by atoms with E-state index in [2.05, 4.69) is 12.2 Å². The zero-order valence-electron chi connectivity index (χ0n) is 10.2.